The van der Waals surface area contributed by atoms with Gasteiger partial charge in [-0.1, -0.05) is 24.3 Å². The van der Waals surface area contributed by atoms with Gasteiger partial charge in [-0.15, -0.1) is 0 Å². The quantitative estimate of drug-likeness (QED) is 0.460. The molecule has 0 radical (unpaired) electrons. The molecule has 3 aromatic rings. The van der Waals surface area contributed by atoms with Crippen LogP contribution in [0.1, 0.15) is 40.0 Å². The predicted molar refractivity (Wildman–Crippen MR) is 125 cm³/mol. The van der Waals surface area contributed by atoms with E-state index < -0.39 is 11.7 Å². The van der Waals surface area contributed by atoms with Gasteiger partial charge in [-0.25, -0.2) is 10.5 Å². The van der Waals surface area contributed by atoms with E-state index >= 15 is 0 Å². The molecule has 1 aliphatic rings. The lowest BCUT2D eigenvalue weighted by molar-refractivity contribution is -0.137. The Morgan fingerprint density at radius 2 is 1.86 bits per heavy atom. The van der Waals surface area contributed by atoms with Gasteiger partial charge in [0.2, 0.25) is 0 Å². The summed E-state index contributed by atoms with van der Waals surface area (Å²) in [7, 11) is 1.37. The third-order valence-corrected chi connectivity index (χ3v) is 5.70. The number of carbonyl (C=O) groups is 1. The fraction of sp³-hybridized carbons (Fsp3) is 0.280. The maximum atomic E-state index is 12.9. The largest absolute Gasteiger partial charge is 0.489 e. The van der Waals surface area contributed by atoms with E-state index in [-0.39, 0.29) is 11.9 Å². The Kier molecular flexibility index (Phi) is 7.11. The number of hydrogen-bond acceptors (Lipinski definition) is 6. The van der Waals surface area contributed by atoms with E-state index in [1.54, 1.807) is 24.4 Å². The van der Waals surface area contributed by atoms with Crippen LogP contribution < -0.4 is 20.4 Å². The van der Waals surface area contributed by atoms with E-state index in [0.29, 0.717) is 36.8 Å². The number of hydrogen-bond donors (Lipinski definition) is 2. The fourth-order valence-corrected chi connectivity index (χ4v) is 3.88. The summed E-state index contributed by atoms with van der Waals surface area (Å²) in [5, 5.41) is 3.40. The summed E-state index contributed by atoms with van der Waals surface area (Å²) in [5.74, 6) is 0.914. The number of carbonyl (C=O) groups excluding carboxylic acids is 1. The summed E-state index contributed by atoms with van der Waals surface area (Å²) < 4.78 is 44.6. The molecule has 0 spiro atoms. The van der Waals surface area contributed by atoms with Crippen LogP contribution in [0.5, 0.6) is 5.75 Å². The summed E-state index contributed by atoms with van der Waals surface area (Å²) in [6.45, 7) is 3.39. The minimum absolute atomic E-state index is 0.150. The van der Waals surface area contributed by atoms with E-state index in [1.807, 2.05) is 24.0 Å². The van der Waals surface area contributed by atoms with Crippen LogP contribution in [0.2, 0.25) is 0 Å². The van der Waals surface area contributed by atoms with E-state index in [2.05, 4.69) is 20.6 Å². The zero-order chi connectivity index (χ0) is 25.0. The molecule has 7 nitrogen and oxygen atoms in total. The Balaban J connectivity index is 1.53. The van der Waals surface area contributed by atoms with E-state index in [1.165, 1.54) is 19.2 Å². The Bertz CT molecular complexity index is 1170. The number of rotatable bonds is 7. The molecule has 0 saturated carbocycles. The average molecular weight is 486 g/mol. The monoisotopic (exact) mass is 486 g/mol. The van der Waals surface area contributed by atoms with Crippen LogP contribution in [-0.2, 0) is 17.6 Å². The number of ether oxygens (including phenoxy) is 1. The van der Waals surface area contributed by atoms with Crippen molar-refractivity contribution in [2.24, 2.45) is 0 Å². The molecular formula is C25H25F3N4O3. The van der Waals surface area contributed by atoms with Crippen LogP contribution in [0, 0.1) is 0 Å². The highest BCUT2D eigenvalue weighted by Crippen LogP contribution is 2.39. The number of benzene rings is 2. The molecule has 1 amide bonds. The molecule has 0 saturated heterocycles. The third kappa shape index (κ3) is 5.65. The van der Waals surface area contributed by atoms with Crippen molar-refractivity contribution in [3.05, 3.63) is 83.0 Å². The van der Waals surface area contributed by atoms with Crippen molar-refractivity contribution in [3.63, 3.8) is 0 Å². The number of amides is 1. The van der Waals surface area contributed by atoms with E-state index in [4.69, 9.17) is 4.74 Å². The molecule has 184 valence electrons. The Hall–Kier alpha value is -3.79. The smallest absolute Gasteiger partial charge is 0.416 e. The van der Waals surface area contributed by atoms with Gasteiger partial charge in [0.1, 0.15) is 18.0 Å². The SMILES string of the molecule is CONC(=O)c1ccc(C(C)Nc2nccc3c2N(Cc2ccc(C(F)(F)F)cc2)CCO3)cc1. The summed E-state index contributed by atoms with van der Waals surface area (Å²) in [4.78, 5) is 23.1. The van der Waals surface area contributed by atoms with Crippen molar-refractivity contribution in [3.8, 4) is 5.75 Å². The van der Waals surface area contributed by atoms with Crippen molar-refractivity contribution in [2.75, 3.05) is 30.5 Å². The maximum absolute atomic E-state index is 12.9. The summed E-state index contributed by atoms with van der Waals surface area (Å²) in [6, 6.07) is 13.9. The molecule has 1 atom stereocenters. The lowest BCUT2D eigenvalue weighted by Crippen LogP contribution is -2.33. The molecule has 1 aromatic heterocycles. The number of halogens is 3. The maximum Gasteiger partial charge on any atom is 0.416 e. The van der Waals surface area contributed by atoms with Crippen LogP contribution in [0.4, 0.5) is 24.7 Å². The summed E-state index contributed by atoms with van der Waals surface area (Å²) in [5.41, 5.74) is 4.51. The molecule has 2 heterocycles. The van der Waals surface area contributed by atoms with Gasteiger partial charge in [0.25, 0.3) is 5.91 Å². The third-order valence-electron chi connectivity index (χ3n) is 5.70. The lowest BCUT2D eigenvalue weighted by atomic mass is 10.1. The predicted octanol–water partition coefficient (Wildman–Crippen LogP) is 4.96. The van der Waals surface area contributed by atoms with Gasteiger partial charge >= 0.3 is 6.18 Å². The van der Waals surface area contributed by atoms with Crippen LogP contribution in [0.15, 0.2) is 60.8 Å². The molecule has 0 bridgehead atoms. The number of nitrogens with zero attached hydrogens (tertiary/aromatic N) is 2. The lowest BCUT2D eigenvalue weighted by Gasteiger charge is -2.33. The second-order valence-electron chi connectivity index (χ2n) is 8.09. The van der Waals surface area contributed by atoms with Crippen LogP contribution >= 0.6 is 0 Å². The molecular weight excluding hydrogens is 461 g/mol. The van der Waals surface area contributed by atoms with Crippen LogP contribution in [-0.4, -0.2) is 31.2 Å². The van der Waals surface area contributed by atoms with Crippen molar-refractivity contribution < 1.29 is 27.5 Å². The van der Waals surface area contributed by atoms with Gasteiger partial charge < -0.3 is 15.0 Å². The fourth-order valence-electron chi connectivity index (χ4n) is 3.88. The first-order valence-corrected chi connectivity index (χ1v) is 11.0. The van der Waals surface area contributed by atoms with Gasteiger partial charge in [0.15, 0.2) is 5.82 Å². The first kappa shape index (κ1) is 24.3. The summed E-state index contributed by atoms with van der Waals surface area (Å²) >= 11 is 0. The van der Waals surface area contributed by atoms with Crippen molar-refractivity contribution in [2.45, 2.75) is 25.7 Å². The molecule has 0 aliphatic carbocycles. The van der Waals surface area contributed by atoms with Gasteiger partial charge in [-0.05, 0) is 42.3 Å². The van der Waals surface area contributed by atoms with Crippen molar-refractivity contribution in [1.82, 2.24) is 10.5 Å². The topological polar surface area (TPSA) is 75.7 Å². The number of alkyl halides is 3. The zero-order valence-corrected chi connectivity index (χ0v) is 19.2. The first-order valence-electron chi connectivity index (χ1n) is 11.0. The van der Waals surface area contributed by atoms with Gasteiger partial charge in [-0.3, -0.25) is 9.63 Å². The molecule has 1 unspecified atom stereocenters. The first-order chi connectivity index (χ1) is 16.8. The van der Waals surface area contributed by atoms with Gasteiger partial charge in [-0.2, -0.15) is 13.2 Å². The van der Waals surface area contributed by atoms with Gasteiger partial charge in [0.05, 0.1) is 25.3 Å². The molecule has 35 heavy (non-hydrogen) atoms. The number of anilines is 2. The highest BCUT2D eigenvalue weighted by Gasteiger charge is 2.30. The minimum Gasteiger partial charge on any atom is -0.489 e. The highest BCUT2D eigenvalue weighted by molar-refractivity contribution is 5.93. The molecule has 10 heteroatoms. The minimum atomic E-state index is -4.37. The van der Waals surface area contributed by atoms with Gasteiger partial charge in [0, 0.05) is 24.4 Å². The number of nitrogens with one attached hydrogen (secondary N) is 2. The highest BCUT2D eigenvalue weighted by atomic mass is 19.4. The molecule has 0 fully saturated rings. The van der Waals surface area contributed by atoms with E-state index in [0.717, 1.165) is 28.9 Å². The second kappa shape index (κ2) is 10.2. The number of hydroxylamine groups is 1. The van der Waals surface area contributed by atoms with E-state index in [9.17, 15) is 18.0 Å². The molecule has 2 aromatic carbocycles. The summed E-state index contributed by atoms with van der Waals surface area (Å²) in [6.07, 6.45) is -2.72. The van der Waals surface area contributed by atoms with Crippen LogP contribution in [0.3, 0.4) is 0 Å². The molecule has 1 aliphatic heterocycles. The Labute approximate surface area is 200 Å². The van der Waals surface area contributed by atoms with Crippen molar-refractivity contribution in [1.29, 1.82) is 0 Å². The Morgan fingerprint density at radius 3 is 2.51 bits per heavy atom. The Morgan fingerprint density at radius 1 is 1.14 bits per heavy atom. The van der Waals surface area contributed by atoms with Crippen LogP contribution in [0.25, 0.3) is 0 Å². The number of fused-ring (bicyclic) bond motifs is 1. The second-order valence-corrected chi connectivity index (χ2v) is 8.09. The average Bonchev–Trinajstić information content (AvgIpc) is 2.84. The zero-order valence-electron chi connectivity index (χ0n) is 19.2. The molecule has 2 N–H and O–H groups in total. The normalized spacial score (nSPS) is 14.0. The standard InChI is InChI=1S/C25H25F3N4O3/c1-16(18-5-7-19(8-6-18)24(33)31-34-2)30-23-22-21(11-12-29-23)35-14-13-32(22)15-17-3-9-20(10-4-17)25(26,27)28/h3-12,16H,13-15H2,1-2H3,(H,29,30)(H,31,33). The number of pyridine rings is 1. The van der Waals surface area contributed by atoms with Crippen molar-refractivity contribution >= 4 is 17.4 Å². The number of aromatic nitrogens is 1. The molecule has 4 rings (SSSR count).